The molecule has 0 saturated carbocycles. The molecule has 0 unspecified atom stereocenters. The van der Waals surface area contributed by atoms with Crippen LogP contribution in [-0.4, -0.2) is 25.0 Å². The highest BCUT2D eigenvalue weighted by Crippen LogP contribution is 2.13. The number of rotatable bonds is 8. The molecule has 0 radical (unpaired) electrons. The fourth-order valence-electron chi connectivity index (χ4n) is 2.65. The Bertz CT molecular complexity index is 730. The van der Waals surface area contributed by atoms with Gasteiger partial charge in [-0.2, -0.15) is 0 Å². The molecule has 1 amide bonds. The van der Waals surface area contributed by atoms with Gasteiger partial charge in [-0.05, 0) is 37.0 Å². The van der Waals surface area contributed by atoms with E-state index in [1.165, 1.54) is 13.2 Å². The molecular formula is C20H21F2NO3. The third kappa shape index (κ3) is 5.65. The molecule has 0 aromatic heterocycles. The number of methoxy groups -OCH3 is 1. The van der Waals surface area contributed by atoms with Gasteiger partial charge < -0.3 is 10.1 Å². The normalized spacial score (nSPS) is 11.7. The summed E-state index contributed by atoms with van der Waals surface area (Å²) in [5.74, 6) is -2.80. The number of ether oxygens (including phenoxy) is 1. The number of hydrogen-bond donors (Lipinski definition) is 1. The molecule has 0 spiro atoms. The van der Waals surface area contributed by atoms with Gasteiger partial charge in [0.05, 0.1) is 13.5 Å². The molecule has 2 rings (SSSR count). The number of halogens is 2. The zero-order valence-corrected chi connectivity index (χ0v) is 14.5. The maximum atomic E-state index is 13.7. The quantitative estimate of drug-likeness (QED) is 0.735. The molecule has 1 N–H and O–H groups in total. The molecule has 2 aromatic carbocycles. The number of amides is 1. The van der Waals surface area contributed by atoms with Gasteiger partial charge in [-0.3, -0.25) is 4.79 Å². The van der Waals surface area contributed by atoms with Crippen LogP contribution in [-0.2, 0) is 27.2 Å². The summed E-state index contributed by atoms with van der Waals surface area (Å²) < 4.78 is 32.0. The van der Waals surface area contributed by atoms with E-state index in [0.29, 0.717) is 12.8 Å². The summed E-state index contributed by atoms with van der Waals surface area (Å²) in [6, 6.07) is 12.3. The zero-order valence-electron chi connectivity index (χ0n) is 14.5. The maximum Gasteiger partial charge on any atom is 0.328 e. The van der Waals surface area contributed by atoms with E-state index >= 15 is 0 Å². The molecule has 138 valence electrons. The molecule has 2 aromatic rings. The highest BCUT2D eigenvalue weighted by Gasteiger charge is 2.22. The second kappa shape index (κ2) is 9.65. The van der Waals surface area contributed by atoms with Crippen molar-refractivity contribution in [3.05, 3.63) is 71.3 Å². The maximum absolute atomic E-state index is 13.7. The van der Waals surface area contributed by atoms with Crippen molar-refractivity contribution in [1.82, 2.24) is 5.32 Å². The van der Waals surface area contributed by atoms with E-state index in [1.54, 1.807) is 0 Å². The third-order valence-electron chi connectivity index (χ3n) is 4.02. The van der Waals surface area contributed by atoms with Crippen LogP contribution in [0.2, 0.25) is 0 Å². The van der Waals surface area contributed by atoms with E-state index in [9.17, 15) is 18.4 Å². The number of carbonyl (C=O) groups excluding carboxylic acids is 2. The number of nitrogens with one attached hydrogen (secondary N) is 1. The Hall–Kier alpha value is -2.76. The molecule has 0 fully saturated rings. The minimum atomic E-state index is -0.856. The van der Waals surface area contributed by atoms with Gasteiger partial charge in [0.25, 0.3) is 0 Å². The Labute approximate surface area is 151 Å². The topological polar surface area (TPSA) is 55.4 Å². The van der Waals surface area contributed by atoms with Gasteiger partial charge in [0.1, 0.15) is 17.7 Å². The Kier molecular flexibility index (Phi) is 7.26. The summed E-state index contributed by atoms with van der Waals surface area (Å²) in [4.78, 5) is 24.0. The van der Waals surface area contributed by atoms with Gasteiger partial charge in [-0.15, -0.1) is 0 Å². The van der Waals surface area contributed by atoms with Crippen molar-refractivity contribution in [1.29, 1.82) is 0 Å². The van der Waals surface area contributed by atoms with Crippen molar-refractivity contribution in [2.75, 3.05) is 7.11 Å². The third-order valence-corrected chi connectivity index (χ3v) is 4.02. The van der Waals surface area contributed by atoms with Crippen LogP contribution in [0.5, 0.6) is 0 Å². The van der Waals surface area contributed by atoms with Gasteiger partial charge in [-0.1, -0.05) is 36.4 Å². The number of aryl methyl sites for hydroxylation is 1. The Morgan fingerprint density at radius 2 is 1.69 bits per heavy atom. The second-order valence-electron chi connectivity index (χ2n) is 5.90. The lowest BCUT2D eigenvalue weighted by Gasteiger charge is -2.17. The van der Waals surface area contributed by atoms with Gasteiger partial charge in [0.2, 0.25) is 5.91 Å². The first-order valence-corrected chi connectivity index (χ1v) is 8.35. The van der Waals surface area contributed by atoms with Crippen LogP contribution in [0.15, 0.2) is 48.5 Å². The van der Waals surface area contributed by atoms with Crippen LogP contribution in [0.1, 0.15) is 24.0 Å². The van der Waals surface area contributed by atoms with Crippen molar-refractivity contribution >= 4 is 11.9 Å². The first-order chi connectivity index (χ1) is 12.5. The molecule has 0 bridgehead atoms. The monoisotopic (exact) mass is 361 g/mol. The molecule has 0 saturated heterocycles. The fourth-order valence-corrected chi connectivity index (χ4v) is 2.65. The van der Waals surface area contributed by atoms with Gasteiger partial charge >= 0.3 is 5.97 Å². The Morgan fingerprint density at radius 3 is 2.31 bits per heavy atom. The average molecular weight is 361 g/mol. The summed E-state index contributed by atoms with van der Waals surface area (Å²) in [6.07, 6.45) is 1.28. The van der Waals surface area contributed by atoms with Crippen LogP contribution < -0.4 is 5.32 Å². The van der Waals surface area contributed by atoms with Gasteiger partial charge in [0.15, 0.2) is 0 Å². The molecular weight excluding hydrogens is 340 g/mol. The predicted octanol–water partition coefficient (Wildman–Crippen LogP) is 3.19. The first kappa shape index (κ1) is 19.6. The smallest absolute Gasteiger partial charge is 0.328 e. The molecule has 0 heterocycles. The number of carbonyl (C=O) groups is 2. The SMILES string of the molecule is COC(=O)[C@H](CCCc1ccccc1)NC(=O)Cc1c(F)cccc1F. The largest absolute Gasteiger partial charge is 0.467 e. The summed E-state index contributed by atoms with van der Waals surface area (Å²) in [6.45, 7) is 0. The number of benzene rings is 2. The predicted molar refractivity (Wildman–Crippen MR) is 93.4 cm³/mol. The lowest BCUT2D eigenvalue weighted by Crippen LogP contribution is -2.42. The van der Waals surface area contributed by atoms with Gasteiger partial charge in [0, 0.05) is 5.56 Å². The zero-order chi connectivity index (χ0) is 18.9. The van der Waals surface area contributed by atoms with E-state index in [2.05, 4.69) is 5.32 Å². The lowest BCUT2D eigenvalue weighted by atomic mass is 10.0. The van der Waals surface area contributed by atoms with Crippen molar-refractivity contribution in [3.63, 3.8) is 0 Å². The van der Waals surface area contributed by atoms with E-state index in [-0.39, 0.29) is 5.56 Å². The molecule has 26 heavy (non-hydrogen) atoms. The molecule has 0 aliphatic carbocycles. The second-order valence-corrected chi connectivity index (χ2v) is 5.90. The molecule has 0 aliphatic rings. The van der Waals surface area contributed by atoms with E-state index < -0.39 is 36.0 Å². The van der Waals surface area contributed by atoms with Crippen molar-refractivity contribution in [3.8, 4) is 0 Å². The van der Waals surface area contributed by atoms with Crippen LogP contribution in [0, 0.1) is 11.6 Å². The van der Waals surface area contributed by atoms with Gasteiger partial charge in [-0.25, -0.2) is 13.6 Å². The van der Waals surface area contributed by atoms with Crippen LogP contribution in [0.25, 0.3) is 0 Å². The van der Waals surface area contributed by atoms with E-state index in [0.717, 1.165) is 24.1 Å². The average Bonchev–Trinajstić information content (AvgIpc) is 2.64. The van der Waals surface area contributed by atoms with Crippen LogP contribution in [0.4, 0.5) is 8.78 Å². The summed E-state index contributed by atoms with van der Waals surface area (Å²) in [7, 11) is 1.23. The lowest BCUT2D eigenvalue weighted by molar-refractivity contribution is -0.145. The van der Waals surface area contributed by atoms with Crippen LogP contribution >= 0.6 is 0 Å². The van der Waals surface area contributed by atoms with E-state index in [4.69, 9.17) is 4.74 Å². The highest BCUT2D eigenvalue weighted by atomic mass is 19.1. The first-order valence-electron chi connectivity index (χ1n) is 8.35. The summed E-state index contributed by atoms with van der Waals surface area (Å²) >= 11 is 0. The Balaban J connectivity index is 1.94. The molecule has 4 nitrogen and oxygen atoms in total. The summed E-state index contributed by atoms with van der Waals surface area (Å²) in [5.41, 5.74) is 0.800. The van der Waals surface area contributed by atoms with Crippen molar-refractivity contribution in [2.45, 2.75) is 31.7 Å². The fraction of sp³-hybridized carbons (Fsp3) is 0.300. The standard InChI is InChI=1S/C20H21F2NO3/c1-26-20(25)18(12-5-9-14-7-3-2-4-8-14)23-19(24)13-15-16(21)10-6-11-17(15)22/h2-4,6-8,10-11,18H,5,9,12-13H2,1H3,(H,23,24)/t18-/m0/s1. The van der Waals surface area contributed by atoms with E-state index in [1.807, 2.05) is 30.3 Å². The minimum Gasteiger partial charge on any atom is -0.467 e. The van der Waals surface area contributed by atoms with Crippen molar-refractivity contribution < 1.29 is 23.1 Å². The molecule has 1 atom stereocenters. The van der Waals surface area contributed by atoms with Crippen LogP contribution in [0.3, 0.4) is 0 Å². The molecule has 6 heteroatoms. The molecule has 0 aliphatic heterocycles. The van der Waals surface area contributed by atoms with Crippen molar-refractivity contribution in [2.24, 2.45) is 0 Å². The number of esters is 1. The highest BCUT2D eigenvalue weighted by molar-refractivity contribution is 5.85. The minimum absolute atomic E-state index is 0.321. The Morgan fingerprint density at radius 1 is 1.04 bits per heavy atom. The summed E-state index contributed by atoms with van der Waals surface area (Å²) in [5, 5.41) is 2.51. The number of hydrogen-bond acceptors (Lipinski definition) is 3.